The normalized spacial score (nSPS) is 23.1. The number of carbonyl (C=O) groups excluding carboxylic acids is 1. The maximum atomic E-state index is 12.8. The van der Waals surface area contributed by atoms with Gasteiger partial charge in [-0.15, -0.1) is 0 Å². The molecule has 2 atom stereocenters. The minimum absolute atomic E-state index is 0.0548. The molecule has 1 saturated heterocycles. The molecule has 0 aliphatic carbocycles. The standard InChI is InChI=1S/C15H21FN2O/c1-11-14(4-3-9-17-11)15(19)18(2)10-12-5-7-13(16)8-6-12/h5-8,11,14,17H,3-4,9-10H2,1-2H3. The summed E-state index contributed by atoms with van der Waals surface area (Å²) in [6.07, 6.45) is 1.99. The average molecular weight is 264 g/mol. The molecule has 1 aliphatic heterocycles. The van der Waals surface area contributed by atoms with Gasteiger partial charge in [-0.1, -0.05) is 12.1 Å². The van der Waals surface area contributed by atoms with E-state index in [0.29, 0.717) is 6.54 Å². The van der Waals surface area contributed by atoms with Gasteiger partial charge in [-0.2, -0.15) is 0 Å². The second-order valence-electron chi connectivity index (χ2n) is 5.31. The van der Waals surface area contributed by atoms with Crippen molar-refractivity contribution in [3.8, 4) is 0 Å². The zero-order valence-electron chi connectivity index (χ0n) is 11.5. The number of rotatable bonds is 3. The molecule has 1 aliphatic rings. The maximum absolute atomic E-state index is 12.8. The molecule has 1 fully saturated rings. The molecule has 1 amide bonds. The van der Waals surface area contributed by atoms with Gasteiger partial charge in [0.05, 0.1) is 5.92 Å². The summed E-state index contributed by atoms with van der Waals surface area (Å²) in [6.45, 7) is 3.59. The van der Waals surface area contributed by atoms with Gasteiger partial charge in [-0.05, 0) is 44.0 Å². The van der Waals surface area contributed by atoms with E-state index in [4.69, 9.17) is 0 Å². The van der Waals surface area contributed by atoms with Crippen molar-refractivity contribution in [2.75, 3.05) is 13.6 Å². The maximum Gasteiger partial charge on any atom is 0.227 e. The lowest BCUT2D eigenvalue weighted by Crippen LogP contribution is -2.47. The highest BCUT2D eigenvalue weighted by Gasteiger charge is 2.29. The topological polar surface area (TPSA) is 32.3 Å². The van der Waals surface area contributed by atoms with Crippen LogP contribution in [0.25, 0.3) is 0 Å². The van der Waals surface area contributed by atoms with Gasteiger partial charge in [0.2, 0.25) is 5.91 Å². The molecule has 0 spiro atoms. The van der Waals surface area contributed by atoms with Gasteiger partial charge in [-0.3, -0.25) is 4.79 Å². The predicted octanol–water partition coefficient (Wildman–Crippen LogP) is 2.17. The Kier molecular flexibility index (Phi) is 4.53. The summed E-state index contributed by atoms with van der Waals surface area (Å²) in [4.78, 5) is 14.1. The van der Waals surface area contributed by atoms with Gasteiger partial charge in [0, 0.05) is 19.6 Å². The van der Waals surface area contributed by atoms with Gasteiger partial charge in [-0.25, -0.2) is 4.39 Å². The van der Waals surface area contributed by atoms with E-state index in [1.807, 2.05) is 7.05 Å². The molecule has 1 heterocycles. The minimum Gasteiger partial charge on any atom is -0.341 e. The Morgan fingerprint density at radius 2 is 2.11 bits per heavy atom. The van der Waals surface area contributed by atoms with Crippen LogP contribution < -0.4 is 5.32 Å². The quantitative estimate of drug-likeness (QED) is 0.907. The fourth-order valence-corrected chi connectivity index (χ4v) is 2.61. The van der Waals surface area contributed by atoms with Gasteiger partial charge in [0.25, 0.3) is 0 Å². The van der Waals surface area contributed by atoms with Crippen molar-refractivity contribution in [1.29, 1.82) is 0 Å². The summed E-state index contributed by atoms with van der Waals surface area (Å²) in [5, 5.41) is 3.34. The zero-order chi connectivity index (χ0) is 13.8. The van der Waals surface area contributed by atoms with Gasteiger partial charge in [0.1, 0.15) is 5.82 Å². The molecule has 3 nitrogen and oxygen atoms in total. The van der Waals surface area contributed by atoms with Gasteiger partial charge >= 0.3 is 0 Å². The van der Waals surface area contributed by atoms with Crippen molar-refractivity contribution in [1.82, 2.24) is 10.2 Å². The predicted molar refractivity (Wildman–Crippen MR) is 73.1 cm³/mol. The Balaban J connectivity index is 1.96. The SMILES string of the molecule is CC1NCCCC1C(=O)N(C)Cc1ccc(F)cc1. The van der Waals surface area contributed by atoms with Crippen LogP contribution in [0, 0.1) is 11.7 Å². The van der Waals surface area contributed by atoms with Crippen LogP contribution in [-0.4, -0.2) is 30.4 Å². The molecule has 0 aromatic heterocycles. The Labute approximate surface area is 113 Å². The molecule has 2 unspecified atom stereocenters. The fourth-order valence-electron chi connectivity index (χ4n) is 2.61. The van der Waals surface area contributed by atoms with E-state index in [9.17, 15) is 9.18 Å². The highest BCUT2D eigenvalue weighted by Crippen LogP contribution is 2.19. The molecule has 0 radical (unpaired) electrons. The molecular weight excluding hydrogens is 243 g/mol. The first-order valence-electron chi connectivity index (χ1n) is 6.80. The third-order valence-electron chi connectivity index (χ3n) is 3.79. The van der Waals surface area contributed by atoms with Crippen molar-refractivity contribution in [3.05, 3.63) is 35.6 Å². The summed E-state index contributed by atoms with van der Waals surface area (Å²) in [7, 11) is 1.81. The van der Waals surface area contributed by atoms with Crippen molar-refractivity contribution in [2.24, 2.45) is 5.92 Å². The van der Waals surface area contributed by atoms with E-state index in [1.54, 1.807) is 17.0 Å². The van der Waals surface area contributed by atoms with Gasteiger partial charge < -0.3 is 10.2 Å². The van der Waals surface area contributed by atoms with E-state index < -0.39 is 0 Å². The van der Waals surface area contributed by atoms with Crippen LogP contribution in [0.4, 0.5) is 4.39 Å². The van der Waals surface area contributed by atoms with E-state index in [2.05, 4.69) is 12.2 Å². The Hall–Kier alpha value is -1.42. The van der Waals surface area contributed by atoms with E-state index in [1.165, 1.54) is 12.1 Å². The monoisotopic (exact) mass is 264 g/mol. The molecule has 4 heteroatoms. The summed E-state index contributed by atoms with van der Waals surface area (Å²) in [5.41, 5.74) is 0.952. The number of nitrogens with one attached hydrogen (secondary N) is 1. The number of hydrogen-bond acceptors (Lipinski definition) is 2. The Morgan fingerprint density at radius 3 is 2.74 bits per heavy atom. The summed E-state index contributed by atoms with van der Waals surface area (Å²) < 4.78 is 12.8. The van der Waals surface area contributed by atoms with E-state index in [-0.39, 0.29) is 23.7 Å². The highest BCUT2D eigenvalue weighted by atomic mass is 19.1. The third-order valence-corrected chi connectivity index (χ3v) is 3.79. The van der Waals surface area contributed by atoms with Crippen LogP contribution in [0.5, 0.6) is 0 Å². The van der Waals surface area contributed by atoms with E-state index >= 15 is 0 Å². The Morgan fingerprint density at radius 1 is 1.42 bits per heavy atom. The molecule has 104 valence electrons. The van der Waals surface area contributed by atoms with Crippen LogP contribution in [0.3, 0.4) is 0 Å². The van der Waals surface area contributed by atoms with Gasteiger partial charge in [0.15, 0.2) is 0 Å². The van der Waals surface area contributed by atoms with Crippen LogP contribution in [0.15, 0.2) is 24.3 Å². The lowest BCUT2D eigenvalue weighted by atomic mass is 9.90. The molecule has 2 rings (SSSR count). The lowest BCUT2D eigenvalue weighted by molar-refractivity contribution is -0.136. The molecule has 0 bridgehead atoms. The smallest absolute Gasteiger partial charge is 0.227 e. The number of halogens is 1. The molecule has 0 saturated carbocycles. The fraction of sp³-hybridized carbons (Fsp3) is 0.533. The third kappa shape index (κ3) is 3.53. The molecule has 1 aromatic rings. The number of amides is 1. The van der Waals surface area contributed by atoms with Crippen molar-refractivity contribution < 1.29 is 9.18 Å². The molecule has 1 aromatic carbocycles. The Bertz CT molecular complexity index is 432. The van der Waals surface area contributed by atoms with Crippen LogP contribution in [0.1, 0.15) is 25.3 Å². The average Bonchev–Trinajstić information content (AvgIpc) is 2.41. The van der Waals surface area contributed by atoms with Crippen molar-refractivity contribution >= 4 is 5.91 Å². The largest absolute Gasteiger partial charge is 0.341 e. The van der Waals surface area contributed by atoms with Crippen LogP contribution >= 0.6 is 0 Å². The van der Waals surface area contributed by atoms with Crippen LogP contribution in [-0.2, 0) is 11.3 Å². The number of carbonyl (C=O) groups is 1. The number of hydrogen-bond donors (Lipinski definition) is 1. The summed E-state index contributed by atoms with van der Waals surface area (Å²) >= 11 is 0. The number of nitrogens with zero attached hydrogens (tertiary/aromatic N) is 1. The minimum atomic E-state index is -0.247. The molecule has 19 heavy (non-hydrogen) atoms. The van der Waals surface area contributed by atoms with Crippen LogP contribution in [0.2, 0.25) is 0 Å². The zero-order valence-corrected chi connectivity index (χ0v) is 11.5. The highest BCUT2D eigenvalue weighted by molar-refractivity contribution is 5.79. The number of benzene rings is 1. The van der Waals surface area contributed by atoms with Crippen molar-refractivity contribution in [2.45, 2.75) is 32.4 Å². The number of piperidine rings is 1. The molecular formula is C15H21FN2O. The summed E-state index contributed by atoms with van der Waals surface area (Å²) in [6, 6.07) is 6.54. The van der Waals surface area contributed by atoms with Crippen molar-refractivity contribution in [3.63, 3.8) is 0 Å². The second kappa shape index (κ2) is 6.15. The summed E-state index contributed by atoms with van der Waals surface area (Å²) in [5.74, 6) is -0.0222. The second-order valence-corrected chi connectivity index (χ2v) is 5.31. The first-order chi connectivity index (χ1) is 9.08. The molecule has 1 N–H and O–H groups in total. The first kappa shape index (κ1) is 14.0. The first-order valence-corrected chi connectivity index (χ1v) is 6.80. The lowest BCUT2D eigenvalue weighted by Gasteiger charge is -2.32. The van der Waals surface area contributed by atoms with E-state index in [0.717, 1.165) is 24.9 Å².